The average Bonchev–Trinajstić information content (AvgIpc) is 3.51. The predicted molar refractivity (Wildman–Crippen MR) is 118 cm³/mol. The van der Waals surface area contributed by atoms with E-state index in [1.54, 1.807) is 28.5 Å². The van der Waals surface area contributed by atoms with Crippen molar-refractivity contribution in [3.8, 4) is 0 Å². The lowest BCUT2D eigenvalue weighted by atomic mass is 10.1. The molecule has 1 aromatic carbocycles. The van der Waals surface area contributed by atoms with Crippen LogP contribution in [-0.4, -0.2) is 46.2 Å². The number of nitrogens with one attached hydrogen (secondary N) is 1. The minimum atomic E-state index is -0.111. The van der Waals surface area contributed by atoms with Crippen molar-refractivity contribution in [2.75, 3.05) is 12.5 Å². The van der Waals surface area contributed by atoms with Gasteiger partial charge in [-0.25, -0.2) is 24.3 Å². The molecule has 1 aliphatic heterocycles. The van der Waals surface area contributed by atoms with Crippen molar-refractivity contribution in [1.82, 2.24) is 39.1 Å². The number of hydrogen-bond acceptors (Lipinski definition) is 8. The van der Waals surface area contributed by atoms with Gasteiger partial charge in [-0.15, -0.1) is 11.3 Å². The summed E-state index contributed by atoms with van der Waals surface area (Å²) in [6.07, 6.45) is 4.95. The summed E-state index contributed by atoms with van der Waals surface area (Å²) in [5.74, 6) is 0. The van der Waals surface area contributed by atoms with Crippen molar-refractivity contribution in [2.24, 2.45) is 7.05 Å². The zero-order valence-electron chi connectivity index (χ0n) is 17.0. The van der Waals surface area contributed by atoms with E-state index in [1.165, 1.54) is 16.6 Å². The first kappa shape index (κ1) is 18.2. The summed E-state index contributed by atoms with van der Waals surface area (Å²) in [5.41, 5.74) is 7.99. The molecule has 1 N–H and O–H groups in total. The molecule has 156 valence electrons. The van der Waals surface area contributed by atoms with Gasteiger partial charge in [0.2, 0.25) is 0 Å². The number of thiazole rings is 1. The molecule has 6 rings (SSSR count). The molecular formula is C20H19N9OS. The second kappa shape index (κ2) is 6.72. The van der Waals surface area contributed by atoms with E-state index in [1.807, 2.05) is 29.7 Å². The number of benzene rings is 1. The summed E-state index contributed by atoms with van der Waals surface area (Å²) < 4.78 is 6.11. The second-order valence-electron chi connectivity index (χ2n) is 7.69. The third-order valence-corrected chi connectivity index (χ3v) is 6.70. The first-order valence-electron chi connectivity index (χ1n) is 9.83. The van der Waals surface area contributed by atoms with E-state index in [9.17, 15) is 4.79 Å². The van der Waals surface area contributed by atoms with Crippen molar-refractivity contribution in [2.45, 2.75) is 19.6 Å². The Morgan fingerprint density at radius 3 is 2.94 bits per heavy atom. The van der Waals surface area contributed by atoms with E-state index in [2.05, 4.69) is 32.7 Å². The lowest BCUT2D eigenvalue weighted by Crippen LogP contribution is -2.25. The van der Waals surface area contributed by atoms with E-state index < -0.39 is 0 Å². The Kier molecular flexibility index (Phi) is 3.95. The van der Waals surface area contributed by atoms with Crippen molar-refractivity contribution in [3.63, 3.8) is 0 Å². The van der Waals surface area contributed by atoms with E-state index in [0.717, 1.165) is 38.5 Å². The number of nitrogens with zero attached hydrogens (tertiary/aromatic N) is 8. The van der Waals surface area contributed by atoms with Gasteiger partial charge in [0.15, 0.2) is 5.65 Å². The maximum absolute atomic E-state index is 13.3. The molecule has 0 saturated carbocycles. The summed E-state index contributed by atoms with van der Waals surface area (Å²) in [6.45, 7) is 1.77. The third kappa shape index (κ3) is 2.85. The summed E-state index contributed by atoms with van der Waals surface area (Å²) in [5, 5.41) is 12.4. The van der Waals surface area contributed by atoms with E-state index in [4.69, 9.17) is 4.98 Å². The number of anilines is 1. The van der Waals surface area contributed by atoms with Gasteiger partial charge < -0.3 is 9.99 Å². The van der Waals surface area contributed by atoms with Gasteiger partial charge >= 0.3 is 0 Å². The number of hydrogen-bond donors (Lipinski definition) is 1. The first-order chi connectivity index (χ1) is 15.1. The topological polar surface area (TPSA) is 98.7 Å². The molecule has 0 amide bonds. The van der Waals surface area contributed by atoms with Gasteiger partial charge in [-0.1, -0.05) is 12.1 Å². The summed E-state index contributed by atoms with van der Waals surface area (Å²) >= 11 is 1.56. The molecule has 11 heteroatoms. The van der Waals surface area contributed by atoms with Crippen LogP contribution in [0, 0.1) is 0 Å². The normalized spacial score (nSPS) is 13.9. The molecule has 0 fully saturated rings. The van der Waals surface area contributed by atoms with Gasteiger partial charge in [-0.3, -0.25) is 4.79 Å². The van der Waals surface area contributed by atoms with E-state index in [0.29, 0.717) is 18.6 Å². The SMILES string of the molecule is CN1Cc2c(Cn3ncc4c5sc(Cn6cncn6)nc5n(C)c4c3=O)cccc2N1. The highest BCUT2D eigenvalue weighted by atomic mass is 32.1. The van der Waals surface area contributed by atoms with Crippen molar-refractivity contribution in [1.29, 1.82) is 0 Å². The van der Waals surface area contributed by atoms with Gasteiger partial charge in [0.1, 0.15) is 23.2 Å². The summed E-state index contributed by atoms with van der Waals surface area (Å²) in [6, 6.07) is 6.11. The fourth-order valence-corrected chi connectivity index (χ4v) is 5.28. The van der Waals surface area contributed by atoms with E-state index >= 15 is 0 Å². The molecule has 31 heavy (non-hydrogen) atoms. The van der Waals surface area contributed by atoms with Crippen molar-refractivity contribution in [3.05, 3.63) is 63.5 Å². The molecule has 0 aliphatic carbocycles. The Morgan fingerprint density at radius 2 is 2.10 bits per heavy atom. The molecule has 5 heterocycles. The van der Waals surface area contributed by atoms with Crippen LogP contribution in [0.2, 0.25) is 0 Å². The van der Waals surface area contributed by atoms with Crippen molar-refractivity contribution < 1.29 is 0 Å². The van der Waals surface area contributed by atoms with Gasteiger partial charge in [0.25, 0.3) is 5.56 Å². The van der Waals surface area contributed by atoms with E-state index in [-0.39, 0.29) is 5.56 Å². The van der Waals surface area contributed by atoms with Crippen LogP contribution in [0.25, 0.3) is 21.3 Å². The third-order valence-electron chi connectivity index (χ3n) is 5.63. The molecule has 0 unspecified atom stereocenters. The highest BCUT2D eigenvalue weighted by Crippen LogP contribution is 2.31. The largest absolute Gasteiger partial charge is 0.323 e. The van der Waals surface area contributed by atoms with Gasteiger partial charge in [0, 0.05) is 26.0 Å². The lowest BCUT2D eigenvalue weighted by molar-refractivity contribution is 0.420. The van der Waals surface area contributed by atoms with Crippen LogP contribution in [0.3, 0.4) is 0 Å². The summed E-state index contributed by atoms with van der Waals surface area (Å²) in [7, 11) is 3.88. The first-order valence-corrected chi connectivity index (χ1v) is 10.6. The molecular weight excluding hydrogens is 414 g/mol. The monoisotopic (exact) mass is 433 g/mol. The number of aryl methyl sites for hydroxylation is 1. The van der Waals surface area contributed by atoms with Gasteiger partial charge in [-0.2, -0.15) is 10.2 Å². The van der Waals surface area contributed by atoms with Crippen LogP contribution in [0.5, 0.6) is 0 Å². The number of fused-ring (bicyclic) bond motifs is 4. The molecule has 0 bridgehead atoms. The summed E-state index contributed by atoms with van der Waals surface area (Å²) in [4.78, 5) is 22.0. The Hall–Kier alpha value is -3.57. The van der Waals surface area contributed by atoms with Crippen LogP contribution in [0.4, 0.5) is 5.69 Å². The molecule has 0 radical (unpaired) electrons. The molecule has 10 nitrogen and oxygen atoms in total. The molecule has 0 saturated heterocycles. The highest BCUT2D eigenvalue weighted by molar-refractivity contribution is 7.19. The molecule has 5 aromatic rings. The predicted octanol–water partition coefficient (Wildman–Crippen LogP) is 1.81. The average molecular weight is 434 g/mol. The molecule has 4 aromatic heterocycles. The zero-order valence-corrected chi connectivity index (χ0v) is 17.8. The number of aromatic nitrogens is 7. The molecule has 0 atom stereocenters. The zero-order chi connectivity index (χ0) is 21.1. The maximum atomic E-state index is 13.3. The van der Waals surface area contributed by atoms with Gasteiger partial charge in [0.05, 0.1) is 29.7 Å². The lowest BCUT2D eigenvalue weighted by Gasteiger charge is -2.09. The molecule has 0 spiro atoms. The van der Waals surface area contributed by atoms with Crippen LogP contribution >= 0.6 is 11.3 Å². The molecule has 1 aliphatic rings. The van der Waals surface area contributed by atoms with Crippen LogP contribution in [0.1, 0.15) is 16.1 Å². The Labute approximate surface area is 180 Å². The van der Waals surface area contributed by atoms with Crippen LogP contribution < -0.4 is 11.0 Å². The number of hydrazine groups is 1. The standard InChI is InChI=1S/C20H19N9OS/c1-26-8-14-12(4-3-5-15(14)25-26)7-29-20(30)17-13(6-22-29)18-19(27(17)2)24-16(31-18)9-28-11-21-10-23-28/h3-6,10-11,25H,7-9H2,1-2H3. The van der Waals surface area contributed by atoms with Crippen LogP contribution in [-0.2, 0) is 26.7 Å². The Balaban J connectivity index is 1.41. The number of rotatable bonds is 4. The second-order valence-corrected chi connectivity index (χ2v) is 8.78. The minimum absolute atomic E-state index is 0.111. The fourth-order valence-electron chi connectivity index (χ4n) is 4.18. The van der Waals surface area contributed by atoms with Crippen LogP contribution in [0.15, 0.2) is 41.8 Å². The fraction of sp³-hybridized carbons (Fsp3) is 0.250. The maximum Gasteiger partial charge on any atom is 0.291 e. The van der Waals surface area contributed by atoms with Crippen molar-refractivity contribution >= 4 is 38.3 Å². The smallest absolute Gasteiger partial charge is 0.291 e. The minimum Gasteiger partial charge on any atom is -0.323 e. The Morgan fingerprint density at radius 1 is 1.19 bits per heavy atom. The van der Waals surface area contributed by atoms with Gasteiger partial charge in [-0.05, 0) is 17.2 Å². The quantitative estimate of drug-likeness (QED) is 0.461. The Bertz CT molecular complexity index is 1490. The highest BCUT2D eigenvalue weighted by Gasteiger charge is 2.21.